The van der Waals surface area contributed by atoms with Crippen LogP contribution < -0.4 is 0 Å². The van der Waals surface area contributed by atoms with Gasteiger partial charge in [-0.2, -0.15) is 0 Å². The van der Waals surface area contributed by atoms with Gasteiger partial charge >= 0.3 is 11.4 Å². The lowest BCUT2D eigenvalue weighted by atomic mass is 10.0. The molecule has 134 valence electrons. The van der Waals surface area contributed by atoms with Gasteiger partial charge in [-0.1, -0.05) is 0 Å². The average Bonchev–Trinajstić information content (AvgIpc) is 3.13. The maximum absolute atomic E-state index is 12.1. The van der Waals surface area contributed by atoms with E-state index in [0.29, 0.717) is 11.5 Å². The molecule has 0 saturated carbocycles. The number of carbonyl (C=O) groups is 1. The summed E-state index contributed by atoms with van der Waals surface area (Å²) in [4.78, 5) is 33.0. The molecule has 0 unspecified atom stereocenters. The van der Waals surface area contributed by atoms with Crippen molar-refractivity contribution in [3.05, 3.63) is 61.7 Å². The zero-order valence-electron chi connectivity index (χ0n) is 13.8. The van der Waals surface area contributed by atoms with Gasteiger partial charge in [-0.3, -0.25) is 25.0 Å². The first-order valence-corrected chi connectivity index (χ1v) is 7.44. The molecule has 0 aliphatic carbocycles. The molecule has 1 N–H and O–H groups in total. The summed E-state index contributed by atoms with van der Waals surface area (Å²) in [6, 6.07) is 4.35. The number of rotatable bonds is 5. The van der Waals surface area contributed by atoms with E-state index in [-0.39, 0.29) is 23.0 Å². The number of phenols is 1. The Hall–Kier alpha value is -3.69. The van der Waals surface area contributed by atoms with Gasteiger partial charge in [0.25, 0.3) is 5.75 Å². The molecule has 0 fully saturated rings. The van der Waals surface area contributed by atoms with E-state index < -0.39 is 32.8 Å². The maximum atomic E-state index is 12.1. The number of aromatic nitrogens is 1. The number of hydrogen-bond acceptors (Lipinski definition) is 7. The molecule has 0 aliphatic heterocycles. The minimum atomic E-state index is -1.08. The molecule has 10 heteroatoms. The Balaban J connectivity index is 2.48. The minimum Gasteiger partial charge on any atom is -0.497 e. The number of nitro groups is 2. The molecular weight excluding hydrogens is 346 g/mol. The van der Waals surface area contributed by atoms with Crippen molar-refractivity contribution in [2.45, 2.75) is 20.4 Å². The van der Waals surface area contributed by atoms with E-state index >= 15 is 0 Å². The van der Waals surface area contributed by atoms with Crippen LogP contribution in [-0.4, -0.2) is 25.3 Å². The molecule has 0 atom stereocenters. The lowest BCUT2D eigenvalue weighted by Gasteiger charge is -2.06. The highest BCUT2D eigenvalue weighted by Crippen LogP contribution is 2.45. The van der Waals surface area contributed by atoms with Gasteiger partial charge in [0, 0.05) is 11.8 Å². The molecule has 0 aliphatic rings. The first kappa shape index (κ1) is 17.1. The number of hydrogen-bond donors (Lipinski definition) is 1. The van der Waals surface area contributed by atoms with E-state index in [1.807, 2.05) is 0 Å². The summed E-state index contributed by atoms with van der Waals surface area (Å²) in [5.41, 5.74) is -1.16. The zero-order valence-corrected chi connectivity index (χ0v) is 13.8. The zero-order chi connectivity index (χ0) is 19.2. The summed E-state index contributed by atoms with van der Waals surface area (Å²) in [5, 5.41) is 32.7. The maximum Gasteiger partial charge on any atom is 0.328 e. The van der Waals surface area contributed by atoms with Crippen LogP contribution >= 0.6 is 0 Å². The van der Waals surface area contributed by atoms with E-state index in [0.717, 1.165) is 6.07 Å². The lowest BCUT2D eigenvalue weighted by molar-refractivity contribution is -0.394. The first-order valence-electron chi connectivity index (χ1n) is 7.44. The summed E-state index contributed by atoms with van der Waals surface area (Å²) in [5.74, 6) is -1.04. The Morgan fingerprint density at radius 1 is 1.31 bits per heavy atom. The number of fused-ring (bicyclic) bond motifs is 1. The molecule has 26 heavy (non-hydrogen) atoms. The number of nitrogens with zero attached hydrogens (tertiary/aromatic N) is 3. The fourth-order valence-corrected chi connectivity index (χ4v) is 3.10. The molecule has 0 bridgehead atoms. The SMILES string of the molecule is CC(=O)c1c(C)n(Cc2ccco2)c2cc([N+](=O)[O-])c(O)c([N+](=O)[O-])c12. The number of benzene rings is 1. The smallest absolute Gasteiger partial charge is 0.328 e. The molecule has 3 aromatic rings. The molecule has 0 spiro atoms. The number of phenolic OH excluding ortho intramolecular Hbond substituents is 1. The minimum absolute atomic E-state index is 0.0310. The largest absolute Gasteiger partial charge is 0.497 e. The standard InChI is InChI=1S/C16H13N3O7/c1-8-13(9(2)20)14-11(17(8)7-10-4-3-5-26-10)6-12(18(22)23)16(21)15(14)19(24)25/h3-6,21H,7H2,1-2H3. The number of Topliss-reactive ketones (excluding diaryl/α,β-unsaturated/α-hetero) is 1. The van der Waals surface area contributed by atoms with E-state index in [1.54, 1.807) is 19.1 Å². The fraction of sp³-hybridized carbons (Fsp3) is 0.188. The molecule has 0 radical (unpaired) electrons. The quantitative estimate of drug-likeness (QED) is 0.418. The Morgan fingerprint density at radius 3 is 2.50 bits per heavy atom. The topological polar surface area (TPSA) is 142 Å². The Morgan fingerprint density at radius 2 is 2.00 bits per heavy atom. The van der Waals surface area contributed by atoms with Crippen LogP contribution in [0.5, 0.6) is 5.75 Å². The van der Waals surface area contributed by atoms with Crippen molar-refractivity contribution in [3.63, 3.8) is 0 Å². The van der Waals surface area contributed by atoms with Crippen molar-refractivity contribution in [3.8, 4) is 5.75 Å². The Kier molecular flexibility index (Phi) is 3.95. The summed E-state index contributed by atoms with van der Waals surface area (Å²) in [6.45, 7) is 2.93. The third-order valence-electron chi connectivity index (χ3n) is 4.17. The van der Waals surface area contributed by atoms with Crippen LogP contribution in [0.1, 0.15) is 28.7 Å². The monoisotopic (exact) mass is 359 g/mol. The molecule has 2 heterocycles. The molecule has 1 aromatic carbocycles. The number of ketones is 1. The summed E-state index contributed by atoms with van der Waals surface area (Å²) < 4.78 is 6.79. The summed E-state index contributed by atoms with van der Waals surface area (Å²) >= 11 is 0. The molecule has 10 nitrogen and oxygen atoms in total. The van der Waals surface area contributed by atoms with Crippen LogP contribution in [0.15, 0.2) is 28.9 Å². The van der Waals surface area contributed by atoms with Crippen LogP contribution in [0.4, 0.5) is 11.4 Å². The molecular formula is C16H13N3O7. The number of carbonyl (C=O) groups excluding carboxylic acids is 1. The van der Waals surface area contributed by atoms with E-state index in [4.69, 9.17) is 4.42 Å². The molecule has 3 rings (SSSR count). The molecule has 0 amide bonds. The second kappa shape index (κ2) is 5.99. The Bertz CT molecular complexity index is 1060. The van der Waals surface area contributed by atoms with Gasteiger partial charge in [0.2, 0.25) is 0 Å². The van der Waals surface area contributed by atoms with Gasteiger partial charge in [0.1, 0.15) is 5.76 Å². The fourth-order valence-electron chi connectivity index (χ4n) is 3.10. The van der Waals surface area contributed by atoms with Crippen molar-refractivity contribution in [1.82, 2.24) is 4.57 Å². The van der Waals surface area contributed by atoms with Crippen LogP contribution in [0.2, 0.25) is 0 Å². The van der Waals surface area contributed by atoms with Gasteiger partial charge in [-0.15, -0.1) is 0 Å². The molecule has 0 saturated heterocycles. The van der Waals surface area contributed by atoms with Crippen molar-refractivity contribution in [2.75, 3.05) is 0 Å². The lowest BCUT2D eigenvalue weighted by Crippen LogP contribution is -2.03. The van der Waals surface area contributed by atoms with E-state index in [1.165, 1.54) is 17.8 Å². The van der Waals surface area contributed by atoms with Crippen molar-refractivity contribution < 1.29 is 24.2 Å². The summed E-state index contributed by atoms with van der Waals surface area (Å²) in [7, 11) is 0. The van der Waals surface area contributed by atoms with Crippen molar-refractivity contribution in [2.24, 2.45) is 0 Å². The first-order chi connectivity index (χ1) is 12.2. The highest BCUT2D eigenvalue weighted by atomic mass is 16.6. The predicted molar refractivity (Wildman–Crippen MR) is 89.5 cm³/mol. The number of aromatic hydroxyl groups is 1. The van der Waals surface area contributed by atoms with Gasteiger partial charge in [-0.25, -0.2) is 0 Å². The number of furan rings is 1. The number of nitro benzene ring substituents is 2. The van der Waals surface area contributed by atoms with E-state index in [9.17, 15) is 30.1 Å². The van der Waals surface area contributed by atoms with Crippen LogP contribution in [0, 0.1) is 27.2 Å². The second-order valence-electron chi connectivity index (χ2n) is 5.68. The average molecular weight is 359 g/mol. The van der Waals surface area contributed by atoms with Crippen LogP contribution in [0.25, 0.3) is 10.9 Å². The second-order valence-corrected chi connectivity index (χ2v) is 5.68. The van der Waals surface area contributed by atoms with Crippen molar-refractivity contribution in [1.29, 1.82) is 0 Å². The highest BCUT2D eigenvalue weighted by molar-refractivity contribution is 6.13. The van der Waals surface area contributed by atoms with Crippen LogP contribution in [0.3, 0.4) is 0 Å². The van der Waals surface area contributed by atoms with Gasteiger partial charge in [-0.05, 0) is 26.0 Å². The highest BCUT2D eigenvalue weighted by Gasteiger charge is 2.34. The van der Waals surface area contributed by atoms with Gasteiger partial charge < -0.3 is 14.1 Å². The third kappa shape index (κ3) is 2.48. The van der Waals surface area contributed by atoms with Gasteiger partial charge in [0.05, 0.1) is 39.1 Å². The van der Waals surface area contributed by atoms with Gasteiger partial charge in [0.15, 0.2) is 5.78 Å². The van der Waals surface area contributed by atoms with E-state index in [2.05, 4.69) is 0 Å². The summed E-state index contributed by atoms with van der Waals surface area (Å²) in [6.07, 6.45) is 1.44. The third-order valence-corrected chi connectivity index (χ3v) is 4.17. The Labute approximate surface area is 145 Å². The molecule has 2 aromatic heterocycles. The normalized spacial score (nSPS) is 11.0. The predicted octanol–water partition coefficient (Wildman–Crippen LogP) is 3.32. The van der Waals surface area contributed by atoms with Crippen molar-refractivity contribution >= 4 is 28.1 Å². The van der Waals surface area contributed by atoms with Crippen LogP contribution in [-0.2, 0) is 6.54 Å².